The van der Waals surface area contributed by atoms with E-state index in [1.54, 1.807) is 59.6 Å². The van der Waals surface area contributed by atoms with Crippen LogP contribution in [0.2, 0.25) is 0 Å². The van der Waals surface area contributed by atoms with E-state index in [1.165, 1.54) is 29.6 Å². The van der Waals surface area contributed by atoms with Crippen molar-refractivity contribution in [1.82, 2.24) is 40.4 Å². The van der Waals surface area contributed by atoms with Gasteiger partial charge in [-0.25, -0.2) is 23.7 Å². The summed E-state index contributed by atoms with van der Waals surface area (Å²) in [6, 6.07) is 15.7. The molecule has 3 aliphatic heterocycles. The number of aliphatic hydroxyl groups is 1. The number of aromatic nitrogens is 4. The van der Waals surface area contributed by atoms with Gasteiger partial charge in [0.2, 0.25) is 11.8 Å². The van der Waals surface area contributed by atoms with Crippen LogP contribution < -0.4 is 20.9 Å². The third-order valence-corrected chi connectivity index (χ3v) is 14.0. The molecule has 7 heterocycles. The van der Waals surface area contributed by atoms with Gasteiger partial charge in [0.1, 0.15) is 29.5 Å². The number of rotatable bonds is 12. The molecule has 69 heavy (non-hydrogen) atoms. The number of halogens is 2. The number of benzene rings is 1. The number of hydrogen-bond donors (Lipinski definition) is 4. The Hall–Kier alpha value is -6.91. The zero-order chi connectivity index (χ0) is 49.2. The topological polar surface area (TPSA) is 210 Å². The molecule has 4 aromatic heterocycles. The maximum absolute atomic E-state index is 14.4. The van der Waals surface area contributed by atoms with Crippen LogP contribution in [-0.2, 0) is 9.59 Å². The fourth-order valence-electron chi connectivity index (χ4n) is 9.14. The Kier molecular flexibility index (Phi) is 14.1. The van der Waals surface area contributed by atoms with Crippen LogP contribution in [-0.4, -0.2) is 115 Å². The number of hydrogen-bond acceptors (Lipinski definition) is 13. The van der Waals surface area contributed by atoms with Gasteiger partial charge in [0.05, 0.1) is 57.5 Å². The SMILES string of the molecule is Cc1ncsc1-c1ccc([C@H](C)NC(=O)[C@@H]2C[C@@H](O)CN2C(=O)[C@@H](NC(=O)c2cncc(C(=O)N3CCC(c4cc(Nc5cc(C#N)ccn5)nc(N5CCC(F)(F)C5)c4)CC3)c2)C(C)(C)C)cc1. The van der Waals surface area contributed by atoms with Crippen LogP contribution in [0.4, 0.5) is 26.2 Å². The molecule has 4 atom stereocenters. The van der Waals surface area contributed by atoms with Gasteiger partial charge in [0.15, 0.2) is 0 Å². The Morgan fingerprint density at radius 2 is 1.70 bits per heavy atom. The van der Waals surface area contributed by atoms with Gasteiger partial charge in [-0.05, 0) is 85.0 Å². The Labute approximate surface area is 403 Å². The minimum atomic E-state index is -2.84. The van der Waals surface area contributed by atoms with Gasteiger partial charge in [-0.15, -0.1) is 11.3 Å². The Balaban J connectivity index is 0.912. The number of aliphatic hydroxyl groups excluding tert-OH is 1. The predicted molar refractivity (Wildman–Crippen MR) is 256 cm³/mol. The van der Waals surface area contributed by atoms with E-state index in [-0.39, 0.29) is 48.9 Å². The molecule has 3 fully saturated rings. The predicted octanol–water partition coefficient (Wildman–Crippen LogP) is 6.77. The van der Waals surface area contributed by atoms with Crippen molar-refractivity contribution in [3.63, 3.8) is 0 Å². The lowest BCUT2D eigenvalue weighted by atomic mass is 9.85. The van der Waals surface area contributed by atoms with Crippen LogP contribution >= 0.6 is 11.3 Å². The number of β-amino-alcohol motifs (C(OH)–C–C–N with tert-alkyl or cyclic N) is 1. The molecule has 0 unspecified atom stereocenters. The maximum Gasteiger partial charge on any atom is 0.266 e. The summed E-state index contributed by atoms with van der Waals surface area (Å²) < 4.78 is 28.6. The van der Waals surface area contributed by atoms with E-state index >= 15 is 0 Å². The molecule has 0 radical (unpaired) electrons. The summed E-state index contributed by atoms with van der Waals surface area (Å²) in [6.07, 6.45) is 4.11. The summed E-state index contributed by atoms with van der Waals surface area (Å²) in [5, 5.41) is 29.1. The van der Waals surface area contributed by atoms with Gasteiger partial charge in [-0.2, -0.15) is 5.26 Å². The highest BCUT2D eigenvalue weighted by molar-refractivity contribution is 7.13. The highest BCUT2D eigenvalue weighted by Crippen LogP contribution is 2.36. The molecule has 5 aromatic rings. The van der Waals surface area contributed by atoms with E-state index < -0.39 is 59.8 Å². The molecular formula is C50H55F2N11O5S. The number of nitriles is 1. The molecule has 16 nitrogen and oxygen atoms in total. The standard InChI is InChI=1S/C50H55F2N11O5S/c1-29(32-6-8-34(9-7-32)43-30(2)56-28-69-43)57-46(66)39-22-38(64)26-63(39)48(68)44(49(3,4)5)60-45(65)36-19-37(25-54-24-36)47(67)61-15-11-33(12-16-61)35-20-41(58-40-18-31(23-53)10-14-55-40)59-42(21-35)62-17-13-50(51,52)27-62/h6-10,14,18-21,24-25,28-29,33,38-39,44,64H,11-13,15-17,22,26-27H2,1-5H3,(H,57,66)(H,60,65)(H,55,58,59)/t29-,38+,39-,44+/m0/s1. The summed E-state index contributed by atoms with van der Waals surface area (Å²) in [7, 11) is 0. The molecule has 4 N–H and O–H groups in total. The normalized spacial score (nSPS) is 19.1. The van der Waals surface area contributed by atoms with Crippen molar-refractivity contribution in [2.75, 3.05) is 42.9 Å². The average Bonchev–Trinajstić information content (AvgIpc) is 4.06. The lowest BCUT2D eigenvalue weighted by Gasteiger charge is -2.35. The first-order valence-electron chi connectivity index (χ1n) is 23.0. The fourth-order valence-corrected chi connectivity index (χ4v) is 9.95. The van der Waals surface area contributed by atoms with Crippen molar-refractivity contribution in [1.29, 1.82) is 5.26 Å². The number of amides is 4. The third-order valence-electron chi connectivity index (χ3n) is 13.0. The maximum atomic E-state index is 14.4. The highest BCUT2D eigenvalue weighted by Gasteiger charge is 2.45. The number of piperidine rings is 1. The van der Waals surface area contributed by atoms with Crippen molar-refractivity contribution in [3.8, 4) is 16.5 Å². The third kappa shape index (κ3) is 11.2. The second kappa shape index (κ2) is 20.0. The van der Waals surface area contributed by atoms with E-state index in [2.05, 4.69) is 42.0 Å². The first-order chi connectivity index (χ1) is 32.8. The van der Waals surface area contributed by atoms with E-state index in [9.17, 15) is 38.3 Å². The minimum Gasteiger partial charge on any atom is -0.391 e. The lowest BCUT2D eigenvalue weighted by molar-refractivity contribution is -0.142. The second-order valence-electron chi connectivity index (χ2n) is 19.2. The summed E-state index contributed by atoms with van der Waals surface area (Å²) in [4.78, 5) is 79.2. The van der Waals surface area contributed by atoms with E-state index in [4.69, 9.17) is 0 Å². The number of thiazole rings is 1. The van der Waals surface area contributed by atoms with Gasteiger partial charge < -0.3 is 35.8 Å². The van der Waals surface area contributed by atoms with Gasteiger partial charge in [0.25, 0.3) is 17.7 Å². The van der Waals surface area contributed by atoms with Crippen molar-refractivity contribution in [3.05, 3.63) is 112 Å². The van der Waals surface area contributed by atoms with Crippen molar-refractivity contribution < 1.29 is 33.1 Å². The summed E-state index contributed by atoms with van der Waals surface area (Å²) >= 11 is 1.55. The highest BCUT2D eigenvalue weighted by atomic mass is 32.1. The van der Waals surface area contributed by atoms with Crippen LogP contribution in [0, 0.1) is 23.7 Å². The second-order valence-corrected chi connectivity index (χ2v) is 20.0. The number of carbonyl (C=O) groups excluding carboxylic acids is 4. The number of nitrogens with one attached hydrogen (secondary N) is 3. The molecule has 0 aliphatic carbocycles. The quantitative estimate of drug-likeness (QED) is 0.102. The molecule has 3 aliphatic rings. The Bertz CT molecular complexity index is 2770. The summed E-state index contributed by atoms with van der Waals surface area (Å²) in [6.45, 7) is 9.50. The smallest absolute Gasteiger partial charge is 0.266 e. The molecule has 8 rings (SSSR count). The molecule has 4 amide bonds. The number of pyridine rings is 3. The largest absolute Gasteiger partial charge is 0.391 e. The zero-order valence-electron chi connectivity index (χ0n) is 39.1. The molecule has 1 aromatic carbocycles. The van der Waals surface area contributed by atoms with Crippen molar-refractivity contribution >= 4 is 52.4 Å². The van der Waals surface area contributed by atoms with Gasteiger partial charge >= 0.3 is 0 Å². The molecule has 0 bridgehead atoms. The van der Waals surface area contributed by atoms with Crippen LogP contribution in [0.25, 0.3) is 10.4 Å². The number of aryl methyl sites for hydroxylation is 1. The van der Waals surface area contributed by atoms with Crippen LogP contribution in [0.1, 0.15) is 108 Å². The molecule has 360 valence electrons. The van der Waals surface area contributed by atoms with Gasteiger partial charge in [0, 0.05) is 57.6 Å². The summed E-state index contributed by atoms with van der Waals surface area (Å²) in [5.74, 6) is -3.63. The average molecular weight is 960 g/mol. The molecule has 0 spiro atoms. The number of carbonyl (C=O) groups is 4. The monoisotopic (exact) mass is 959 g/mol. The Morgan fingerprint density at radius 3 is 2.36 bits per heavy atom. The van der Waals surface area contributed by atoms with Crippen molar-refractivity contribution in [2.45, 2.75) is 96.4 Å². The van der Waals surface area contributed by atoms with Crippen LogP contribution in [0.5, 0.6) is 0 Å². The van der Waals surface area contributed by atoms with Gasteiger partial charge in [-0.3, -0.25) is 24.2 Å². The number of anilines is 3. The van der Waals surface area contributed by atoms with Gasteiger partial charge in [-0.1, -0.05) is 45.0 Å². The Morgan fingerprint density at radius 1 is 0.957 bits per heavy atom. The first-order valence-corrected chi connectivity index (χ1v) is 23.9. The summed E-state index contributed by atoms with van der Waals surface area (Å²) in [5.41, 5.74) is 5.29. The molecule has 3 saturated heterocycles. The van der Waals surface area contributed by atoms with E-state index in [0.29, 0.717) is 48.9 Å². The van der Waals surface area contributed by atoms with Crippen molar-refractivity contribution in [2.24, 2.45) is 5.41 Å². The van der Waals surface area contributed by atoms with E-state index in [1.807, 2.05) is 50.2 Å². The number of likely N-dealkylation sites (tertiary alicyclic amines) is 2. The minimum absolute atomic E-state index is 0.0306. The molecular weight excluding hydrogens is 905 g/mol. The van der Waals surface area contributed by atoms with E-state index in [0.717, 1.165) is 27.3 Å². The lowest BCUT2D eigenvalue weighted by Crippen LogP contribution is -2.57. The zero-order valence-corrected chi connectivity index (χ0v) is 39.9. The fraction of sp³-hybridized carbons (Fsp3) is 0.420. The van der Waals surface area contributed by atoms with Crippen LogP contribution in [0.3, 0.4) is 0 Å². The molecule has 19 heteroatoms. The number of nitrogens with zero attached hydrogens (tertiary/aromatic N) is 8. The number of alkyl halides is 2. The molecule has 0 saturated carbocycles. The van der Waals surface area contributed by atoms with Crippen LogP contribution in [0.15, 0.2) is 78.7 Å². The first kappa shape index (κ1) is 48.5.